The molecule has 86 valence electrons. The standard InChI is InChI=1S/C12H15NO2S/c1-2-6-15-12(14)9-3-4-10-11(8-9)16-7-5-13-10/h3-4,8,13H,2,5-7H2,1H3. The summed E-state index contributed by atoms with van der Waals surface area (Å²) < 4.78 is 5.10. The Kier molecular flexibility index (Phi) is 3.72. The predicted molar refractivity (Wildman–Crippen MR) is 66.2 cm³/mol. The van der Waals surface area contributed by atoms with Gasteiger partial charge in [-0.15, -0.1) is 11.8 Å². The lowest BCUT2D eigenvalue weighted by Crippen LogP contribution is -2.12. The Morgan fingerprint density at radius 2 is 2.44 bits per heavy atom. The van der Waals surface area contributed by atoms with Crippen molar-refractivity contribution in [1.82, 2.24) is 0 Å². The van der Waals surface area contributed by atoms with Crippen LogP contribution in [-0.2, 0) is 4.74 Å². The second-order valence-electron chi connectivity index (χ2n) is 3.62. The van der Waals surface area contributed by atoms with E-state index < -0.39 is 0 Å². The minimum atomic E-state index is -0.226. The Morgan fingerprint density at radius 3 is 3.25 bits per heavy atom. The number of thioether (sulfide) groups is 1. The van der Waals surface area contributed by atoms with Gasteiger partial charge in [0.05, 0.1) is 12.2 Å². The number of hydrogen-bond acceptors (Lipinski definition) is 4. The van der Waals surface area contributed by atoms with Gasteiger partial charge in [0.25, 0.3) is 0 Å². The molecule has 0 atom stereocenters. The molecule has 4 heteroatoms. The van der Waals surface area contributed by atoms with E-state index in [1.54, 1.807) is 11.8 Å². The van der Waals surface area contributed by atoms with E-state index in [2.05, 4.69) is 5.32 Å². The highest BCUT2D eigenvalue weighted by Gasteiger charge is 2.13. The van der Waals surface area contributed by atoms with E-state index in [0.717, 1.165) is 29.3 Å². The summed E-state index contributed by atoms with van der Waals surface area (Å²) >= 11 is 1.77. The lowest BCUT2D eigenvalue weighted by atomic mass is 10.2. The molecule has 1 aromatic rings. The van der Waals surface area contributed by atoms with Crippen LogP contribution in [0.5, 0.6) is 0 Å². The number of ether oxygens (including phenoxy) is 1. The first-order chi connectivity index (χ1) is 7.81. The van der Waals surface area contributed by atoms with Crippen molar-refractivity contribution in [3.63, 3.8) is 0 Å². The third-order valence-electron chi connectivity index (χ3n) is 2.33. The molecule has 1 aromatic carbocycles. The second-order valence-corrected chi connectivity index (χ2v) is 4.76. The van der Waals surface area contributed by atoms with Gasteiger partial charge in [0.2, 0.25) is 0 Å². The molecule has 0 aromatic heterocycles. The van der Waals surface area contributed by atoms with Crippen molar-refractivity contribution in [2.75, 3.05) is 24.2 Å². The second kappa shape index (κ2) is 5.25. The third-order valence-corrected chi connectivity index (χ3v) is 3.39. The Hall–Kier alpha value is -1.16. The van der Waals surface area contributed by atoms with Gasteiger partial charge in [-0.2, -0.15) is 0 Å². The van der Waals surface area contributed by atoms with Gasteiger partial charge in [-0.3, -0.25) is 0 Å². The van der Waals surface area contributed by atoms with E-state index in [1.807, 2.05) is 25.1 Å². The quantitative estimate of drug-likeness (QED) is 0.820. The zero-order valence-corrected chi connectivity index (χ0v) is 10.1. The lowest BCUT2D eigenvalue weighted by Gasteiger charge is -2.17. The molecule has 16 heavy (non-hydrogen) atoms. The Morgan fingerprint density at radius 1 is 1.56 bits per heavy atom. The molecule has 0 aliphatic carbocycles. The zero-order valence-electron chi connectivity index (χ0n) is 9.29. The van der Waals surface area contributed by atoms with E-state index in [-0.39, 0.29) is 5.97 Å². The number of rotatable bonds is 3. The lowest BCUT2D eigenvalue weighted by molar-refractivity contribution is 0.0505. The van der Waals surface area contributed by atoms with Gasteiger partial charge in [0, 0.05) is 22.9 Å². The van der Waals surface area contributed by atoms with Gasteiger partial charge in [-0.25, -0.2) is 4.79 Å². The minimum Gasteiger partial charge on any atom is -0.462 e. The van der Waals surface area contributed by atoms with Gasteiger partial charge in [-0.1, -0.05) is 6.92 Å². The van der Waals surface area contributed by atoms with Crippen molar-refractivity contribution in [1.29, 1.82) is 0 Å². The van der Waals surface area contributed by atoms with Crippen molar-refractivity contribution in [3.05, 3.63) is 23.8 Å². The number of fused-ring (bicyclic) bond motifs is 1. The molecule has 0 saturated heterocycles. The molecule has 0 amide bonds. The summed E-state index contributed by atoms with van der Waals surface area (Å²) in [6.45, 7) is 3.46. The van der Waals surface area contributed by atoms with Gasteiger partial charge in [0.1, 0.15) is 0 Å². The van der Waals surface area contributed by atoms with Crippen LogP contribution in [0.1, 0.15) is 23.7 Å². The fourth-order valence-electron chi connectivity index (χ4n) is 1.54. The SMILES string of the molecule is CCCOC(=O)c1ccc2c(c1)SCCN2. The molecule has 0 fully saturated rings. The maximum absolute atomic E-state index is 11.6. The van der Waals surface area contributed by atoms with Crippen LogP contribution in [0, 0.1) is 0 Å². The van der Waals surface area contributed by atoms with Crippen molar-refractivity contribution < 1.29 is 9.53 Å². The summed E-state index contributed by atoms with van der Waals surface area (Å²) in [4.78, 5) is 12.8. The van der Waals surface area contributed by atoms with Crippen LogP contribution in [0.3, 0.4) is 0 Å². The van der Waals surface area contributed by atoms with Crippen LogP contribution in [0.25, 0.3) is 0 Å². The van der Waals surface area contributed by atoms with E-state index in [9.17, 15) is 4.79 Å². The maximum atomic E-state index is 11.6. The fourth-order valence-corrected chi connectivity index (χ4v) is 2.47. The number of benzene rings is 1. The molecule has 0 radical (unpaired) electrons. The monoisotopic (exact) mass is 237 g/mol. The van der Waals surface area contributed by atoms with Gasteiger partial charge in [-0.05, 0) is 24.6 Å². The molecule has 0 spiro atoms. The molecule has 2 rings (SSSR count). The molecule has 1 aliphatic rings. The van der Waals surface area contributed by atoms with Crippen molar-refractivity contribution >= 4 is 23.4 Å². The first-order valence-electron chi connectivity index (χ1n) is 5.49. The topological polar surface area (TPSA) is 38.3 Å². The number of carbonyl (C=O) groups is 1. The third kappa shape index (κ3) is 2.50. The summed E-state index contributed by atoms with van der Waals surface area (Å²) in [7, 11) is 0. The van der Waals surface area contributed by atoms with Gasteiger partial charge < -0.3 is 10.1 Å². The molecular weight excluding hydrogens is 222 g/mol. The minimum absolute atomic E-state index is 0.226. The smallest absolute Gasteiger partial charge is 0.338 e. The first kappa shape index (κ1) is 11.3. The summed E-state index contributed by atoms with van der Waals surface area (Å²) in [5.74, 6) is 0.816. The fraction of sp³-hybridized carbons (Fsp3) is 0.417. The average Bonchev–Trinajstić information content (AvgIpc) is 2.35. The average molecular weight is 237 g/mol. The molecule has 0 saturated carbocycles. The van der Waals surface area contributed by atoms with Crippen LogP contribution >= 0.6 is 11.8 Å². The van der Waals surface area contributed by atoms with E-state index in [1.165, 1.54) is 0 Å². The highest BCUT2D eigenvalue weighted by molar-refractivity contribution is 7.99. The van der Waals surface area contributed by atoms with Crippen LogP contribution in [0.2, 0.25) is 0 Å². The van der Waals surface area contributed by atoms with Crippen LogP contribution in [-0.4, -0.2) is 24.9 Å². The number of anilines is 1. The number of carbonyl (C=O) groups excluding carboxylic acids is 1. The molecular formula is C12H15NO2S. The normalized spacial score (nSPS) is 13.8. The number of esters is 1. The van der Waals surface area contributed by atoms with E-state index in [4.69, 9.17) is 4.74 Å². The summed E-state index contributed by atoms with van der Waals surface area (Å²) in [6, 6.07) is 5.67. The Balaban J connectivity index is 2.13. The van der Waals surface area contributed by atoms with Gasteiger partial charge in [0.15, 0.2) is 0 Å². The molecule has 1 N–H and O–H groups in total. The molecule has 0 bridgehead atoms. The first-order valence-corrected chi connectivity index (χ1v) is 6.47. The number of hydrogen-bond donors (Lipinski definition) is 1. The number of nitrogens with one attached hydrogen (secondary N) is 1. The summed E-state index contributed by atoms with van der Waals surface area (Å²) in [5.41, 5.74) is 1.76. The predicted octanol–water partition coefficient (Wildman–Crippen LogP) is 2.77. The highest BCUT2D eigenvalue weighted by Crippen LogP contribution is 2.31. The Bertz CT molecular complexity index is 393. The highest BCUT2D eigenvalue weighted by atomic mass is 32.2. The van der Waals surface area contributed by atoms with E-state index >= 15 is 0 Å². The van der Waals surface area contributed by atoms with Crippen molar-refractivity contribution in [3.8, 4) is 0 Å². The van der Waals surface area contributed by atoms with Crippen molar-refractivity contribution in [2.45, 2.75) is 18.2 Å². The van der Waals surface area contributed by atoms with Crippen LogP contribution < -0.4 is 5.32 Å². The summed E-state index contributed by atoms with van der Waals surface area (Å²) in [6.07, 6.45) is 0.854. The molecule has 3 nitrogen and oxygen atoms in total. The van der Waals surface area contributed by atoms with Crippen LogP contribution in [0.15, 0.2) is 23.1 Å². The maximum Gasteiger partial charge on any atom is 0.338 e. The molecule has 0 unspecified atom stereocenters. The molecule has 1 heterocycles. The van der Waals surface area contributed by atoms with Gasteiger partial charge >= 0.3 is 5.97 Å². The van der Waals surface area contributed by atoms with Crippen molar-refractivity contribution in [2.24, 2.45) is 0 Å². The Labute approximate surface area is 99.6 Å². The van der Waals surface area contributed by atoms with E-state index in [0.29, 0.717) is 12.2 Å². The van der Waals surface area contributed by atoms with Crippen LogP contribution in [0.4, 0.5) is 5.69 Å². The molecule has 1 aliphatic heterocycles. The largest absolute Gasteiger partial charge is 0.462 e. The zero-order chi connectivity index (χ0) is 11.4. The summed E-state index contributed by atoms with van der Waals surface area (Å²) in [5, 5.41) is 3.30.